The molecule has 0 atom stereocenters. The number of aryl methyl sites for hydroxylation is 1. The second-order valence-electron chi connectivity index (χ2n) is 3.33. The van der Waals surface area contributed by atoms with Crippen molar-refractivity contribution in [1.29, 1.82) is 0 Å². The number of halogens is 1. The molecule has 0 unspecified atom stereocenters. The molecular formula is C11H12BrNS. The average molecular weight is 270 g/mol. The van der Waals surface area contributed by atoms with E-state index in [4.69, 9.17) is 0 Å². The first-order valence-electron chi connectivity index (χ1n) is 4.45. The van der Waals surface area contributed by atoms with Crippen LogP contribution < -0.4 is 0 Å². The van der Waals surface area contributed by atoms with Gasteiger partial charge in [0.2, 0.25) is 0 Å². The normalized spacial score (nSPS) is 11.1. The predicted molar refractivity (Wildman–Crippen MR) is 67.8 cm³/mol. The Hall–Kier alpha value is -0.410. The van der Waals surface area contributed by atoms with Gasteiger partial charge in [0.25, 0.3) is 0 Å². The molecule has 0 aliphatic carbocycles. The molecule has 0 saturated carbocycles. The summed E-state index contributed by atoms with van der Waals surface area (Å²) in [7, 11) is 2.10. The summed E-state index contributed by atoms with van der Waals surface area (Å²) in [5, 5.41) is 1.35. The first-order valence-corrected chi connectivity index (χ1v) is 6.64. The monoisotopic (exact) mass is 269 g/mol. The van der Waals surface area contributed by atoms with Gasteiger partial charge in [0, 0.05) is 34.4 Å². The summed E-state index contributed by atoms with van der Waals surface area (Å²) in [5.74, 6) is 1.07. The van der Waals surface area contributed by atoms with E-state index in [0.29, 0.717) is 0 Å². The molecule has 3 heteroatoms. The van der Waals surface area contributed by atoms with E-state index in [1.165, 1.54) is 20.9 Å². The number of rotatable bonds is 2. The van der Waals surface area contributed by atoms with E-state index in [2.05, 4.69) is 58.2 Å². The summed E-state index contributed by atoms with van der Waals surface area (Å²) in [6, 6.07) is 6.34. The third-order valence-corrected chi connectivity index (χ3v) is 3.60. The van der Waals surface area contributed by atoms with Gasteiger partial charge in [-0.25, -0.2) is 0 Å². The van der Waals surface area contributed by atoms with E-state index in [0.717, 1.165) is 5.75 Å². The number of nitrogens with zero attached hydrogens (tertiary/aromatic N) is 1. The van der Waals surface area contributed by atoms with Gasteiger partial charge in [-0.2, -0.15) is 11.8 Å². The van der Waals surface area contributed by atoms with Crippen LogP contribution in [0.1, 0.15) is 5.56 Å². The highest BCUT2D eigenvalue weighted by Crippen LogP contribution is 2.30. The van der Waals surface area contributed by atoms with Gasteiger partial charge in [-0.3, -0.25) is 0 Å². The lowest BCUT2D eigenvalue weighted by molar-refractivity contribution is 0.963. The van der Waals surface area contributed by atoms with Gasteiger partial charge in [-0.05, 0) is 24.0 Å². The van der Waals surface area contributed by atoms with Crippen LogP contribution in [-0.4, -0.2) is 10.8 Å². The summed E-state index contributed by atoms with van der Waals surface area (Å²) in [5.41, 5.74) is 2.70. The number of fused-ring (bicyclic) bond motifs is 1. The lowest BCUT2D eigenvalue weighted by atomic mass is 10.2. The molecule has 1 heterocycles. The number of benzene rings is 1. The van der Waals surface area contributed by atoms with Crippen LogP contribution in [0.3, 0.4) is 0 Å². The standard InChI is InChI=1S/C11H12BrNS/c1-13-6-8(7-14-2)11-9(12)4-3-5-10(11)13/h3-6H,7H2,1-2H3. The number of aromatic nitrogens is 1. The number of hydrogen-bond acceptors (Lipinski definition) is 1. The highest BCUT2D eigenvalue weighted by Gasteiger charge is 2.08. The SMILES string of the molecule is CSCc1cn(C)c2cccc(Br)c12. The van der Waals surface area contributed by atoms with Gasteiger partial charge < -0.3 is 4.57 Å². The summed E-state index contributed by atoms with van der Waals surface area (Å²) in [4.78, 5) is 0. The van der Waals surface area contributed by atoms with E-state index < -0.39 is 0 Å². The fourth-order valence-corrected chi connectivity index (χ4v) is 2.90. The first-order chi connectivity index (χ1) is 6.74. The fraction of sp³-hybridized carbons (Fsp3) is 0.273. The smallest absolute Gasteiger partial charge is 0.0492 e. The molecule has 0 saturated heterocycles. The maximum absolute atomic E-state index is 3.61. The van der Waals surface area contributed by atoms with E-state index >= 15 is 0 Å². The Morgan fingerprint density at radius 3 is 2.93 bits per heavy atom. The lowest BCUT2D eigenvalue weighted by Gasteiger charge is -1.98. The van der Waals surface area contributed by atoms with E-state index in [1.54, 1.807) is 0 Å². The summed E-state index contributed by atoms with van der Waals surface area (Å²) in [6.45, 7) is 0. The molecule has 14 heavy (non-hydrogen) atoms. The zero-order valence-electron chi connectivity index (χ0n) is 8.25. The van der Waals surface area contributed by atoms with Crippen LogP contribution >= 0.6 is 27.7 Å². The molecule has 1 aromatic heterocycles. The summed E-state index contributed by atoms with van der Waals surface area (Å²) < 4.78 is 3.38. The Balaban J connectivity index is 2.72. The Morgan fingerprint density at radius 2 is 2.21 bits per heavy atom. The van der Waals surface area contributed by atoms with Crippen LogP contribution in [0.15, 0.2) is 28.9 Å². The van der Waals surface area contributed by atoms with Gasteiger partial charge in [0.05, 0.1) is 0 Å². The first kappa shape index (κ1) is 10.1. The van der Waals surface area contributed by atoms with E-state index in [9.17, 15) is 0 Å². The Morgan fingerprint density at radius 1 is 1.43 bits per heavy atom. The van der Waals surface area contributed by atoms with Crippen LogP contribution in [0, 0.1) is 0 Å². The number of thioether (sulfide) groups is 1. The molecular weight excluding hydrogens is 258 g/mol. The second-order valence-corrected chi connectivity index (χ2v) is 5.05. The van der Waals surface area contributed by atoms with Crippen molar-refractivity contribution < 1.29 is 0 Å². The lowest BCUT2D eigenvalue weighted by Crippen LogP contribution is -1.82. The molecule has 2 aromatic rings. The highest BCUT2D eigenvalue weighted by atomic mass is 79.9. The second kappa shape index (κ2) is 3.99. The zero-order valence-corrected chi connectivity index (χ0v) is 10.7. The van der Waals surface area contributed by atoms with Crippen molar-refractivity contribution >= 4 is 38.6 Å². The minimum atomic E-state index is 1.07. The Bertz CT molecular complexity index is 462. The van der Waals surface area contributed by atoms with Crippen LogP contribution in [0.25, 0.3) is 10.9 Å². The van der Waals surface area contributed by atoms with E-state index in [1.807, 2.05) is 11.8 Å². The third-order valence-electron chi connectivity index (χ3n) is 2.34. The fourth-order valence-electron chi connectivity index (χ4n) is 1.76. The minimum absolute atomic E-state index is 1.07. The third kappa shape index (κ3) is 1.59. The van der Waals surface area contributed by atoms with Crippen molar-refractivity contribution in [3.63, 3.8) is 0 Å². The molecule has 0 fully saturated rings. The predicted octanol–water partition coefficient (Wildman–Crippen LogP) is 3.80. The van der Waals surface area contributed by atoms with Crippen molar-refractivity contribution in [2.45, 2.75) is 5.75 Å². The van der Waals surface area contributed by atoms with Gasteiger partial charge in [0.15, 0.2) is 0 Å². The van der Waals surface area contributed by atoms with Gasteiger partial charge >= 0.3 is 0 Å². The highest BCUT2D eigenvalue weighted by molar-refractivity contribution is 9.10. The minimum Gasteiger partial charge on any atom is -0.350 e. The Labute approximate surface area is 96.6 Å². The molecule has 0 radical (unpaired) electrons. The quantitative estimate of drug-likeness (QED) is 0.803. The Kier molecular flexibility index (Phi) is 2.88. The molecule has 0 aliphatic rings. The van der Waals surface area contributed by atoms with Crippen molar-refractivity contribution in [1.82, 2.24) is 4.57 Å². The van der Waals surface area contributed by atoms with Gasteiger partial charge in [0.1, 0.15) is 0 Å². The number of hydrogen-bond donors (Lipinski definition) is 0. The maximum Gasteiger partial charge on any atom is 0.0492 e. The van der Waals surface area contributed by atoms with Crippen molar-refractivity contribution in [3.8, 4) is 0 Å². The van der Waals surface area contributed by atoms with Gasteiger partial charge in [-0.15, -0.1) is 0 Å². The topological polar surface area (TPSA) is 4.93 Å². The van der Waals surface area contributed by atoms with Crippen LogP contribution in [0.5, 0.6) is 0 Å². The van der Waals surface area contributed by atoms with Crippen LogP contribution in [0.2, 0.25) is 0 Å². The largest absolute Gasteiger partial charge is 0.350 e. The summed E-state index contributed by atoms with van der Waals surface area (Å²) in [6.07, 6.45) is 4.35. The average Bonchev–Trinajstić information content (AvgIpc) is 2.46. The maximum atomic E-state index is 3.61. The van der Waals surface area contributed by atoms with E-state index in [-0.39, 0.29) is 0 Å². The van der Waals surface area contributed by atoms with Gasteiger partial charge in [-0.1, -0.05) is 22.0 Å². The molecule has 0 bridgehead atoms. The van der Waals surface area contributed by atoms with Crippen molar-refractivity contribution in [2.24, 2.45) is 7.05 Å². The van der Waals surface area contributed by atoms with Crippen molar-refractivity contribution in [3.05, 3.63) is 34.4 Å². The molecule has 0 aliphatic heterocycles. The van der Waals surface area contributed by atoms with Crippen LogP contribution in [-0.2, 0) is 12.8 Å². The van der Waals surface area contributed by atoms with Crippen LogP contribution in [0.4, 0.5) is 0 Å². The molecule has 2 rings (SSSR count). The molecule has 1 aromatic carbocycles. The molecule has 0 spiro atoms. The summed E-state index contributed by atoms with van der Waals surface area (Å²) >= 11 is 5.47. The van der Waals surface area contributed by atoms with Crippen molar-refractivity contribution in [2.75, 3.05) is 6.26 Å². The molecule has 0 N–H and O–H groups in total. The zero-order chi connectivity index (χ0) is 10.1. The molecule has 74 valence electrons. The molecule has 1 nitrogen and oxygen atoms in total. The molecule has 0 amide bonds.